The lowest BCUT2D eigenvalue weighted by atomic mass is 9.90. The van der Waals surface area contributed by atoms with Gasteiger partial charge in [-0.05, 0) is 91.5 Å². The van der Waals surface area contributed by atoms with Crippen LogP contribution < -0.4 is 20.1 Å². The molecule has 1 heterocycles. The summed E-state index contributed by atoms with van der Waals surface area (Å²) >= 11 is 0. The Morgan fingerprint density at radius 3 is 2.16 bits per heavy atom. The molecule has 0 spiro atoms. The monoisotopic (exact) mass is 624 g/mol. The summed E-state index contributed by atoms with van der Waals surface area (Å²) < 4.78 is 13.0. The Hall–Kier alpha value is -3.84. The maximum atomic E-state index is 14.2. The van der Waals surface area contributed by atoms with Crippen LogP contribution in [0.15, 0.2) is 91.5 Å². The normalized spacial score (nSPS) is 20.0. The molecule has 6 nitrogen and oxygen atoms in total. The van der Waals surface area contributed by atoms with Crippen molar-refractivity contribution in [3.05, 3.63) is 103 Å². The minimum atomic E-state index is -2.82. The van der Waals surface area contributed by atoms with E-state index in [1.165, 1.54) is 15.9 Å². The van der Waals surface area contributed by atoms with Crippen molar-refractivity contribution in [3.63, 3.8) is 0 Å². The zero-order valence-corrected chi connectivity index (χ0v) is 28.7. The van der Waals surface area contributed by atoms with E-state index in [9.17, 15) is 9.59 Å². The highest BCUT2D eigenvalue weighted by Crippen LogP contribution is 2.41. The van der Waals surface area contributed by atoms with Crippen LogP contribution in [0.25, 0.3) is 0 Å². The molecular formula is C38H48N2O4Si. The van der Waals surface area contributed by atoms with Gasteiger partial charge >= 0.3 is 14.4 Å². The van der Waals surface area contributed by atoms with Crippen molar-refractivity contribution in [1.29, 1.82) is 0 Å². The van der Waals surface area contributed by atoms with Crippen LogP contribution >= 0.6 is 0 Å². The maximum Gasteiger partial charge on any atom is 0.411 e. The van der Waals surface area contributed by atoms with Gasteiger partial charge in [-0.2, -0.15) is 0 Å². The zero-order chi connectivity index (χ0) is 32.5. The van der Waals surface area contributed by atoms with Crippen molar-refractivity contribution in [2.24, 2.45) is 0 Å². The molecule has 0 radical (unpaired) electrons. The second kappa shape index (κ2) is 12.5. The number of nitrogens with one attached hydrogen (secondary N) is 1. The smallest absolute Gasteiger partial charge is 0.411 e. The molecule has 0 saturated carbocycles. The lowest BCUT2D eigenvalue weighted by molar-refractivity contribution is -0.132. The van der Waals surface area contributed by atoms with E-state index in [-0.39, 0.29) is 17.0 Å². The molecular weight excluding hydrogens is 577 g/mol. The molecule has 3 aromatic carbocycles. The standard InChI is InChI=1S/C38H48N2O4Si/c1-8-24-38(25-15-26-40(38)35(42)43-36(2,3)4)34(41)39-33-23-21-28-20-22-29(27-32(28)33)44-45(37(5,6)7,30-16-11-9-12-17-30)31-18-13-10-14-19-31/h8-14,16-20,22,27,33H,1,15,21,23-26H2,2-7H3,(H,39,41)/t33-,38+/m1/s1. The Kier molecular flexibility index (Phi) is 9.05. The molecule has 0 unspecified atom stereocenters. The summed E-state index contributed by atoms with van der Waals surface area (Å²) in [5, 5.41) is 5.60. The average molecular weight is 625 g/mol. The number of carbonyl (C=O) groups excluding carboxylic acids is 2. The van der Waals surface area contributed by atoms with Gasteiger partial charge in [-0.15, -0.1) is 6.58 Å². The highest BCUT2D eigenvalue weighted by Gasteiger charge is 2.53. The van der Waals surface area contributed by atoms with Crippen molar-refractivity contribution in [3.8, 4) is 5.75 Å². The molecule has 2 aliphatic rings. The molecule has 7 heteroatoms. The molecule has 1 saturated heterocycles. The molecule has 1 fully saturated rings. The van der Waals surface area contributed by atoms with Crippen LogP contribution in [-0.4, -0.2) is 42.9 Å². The van der Waals surface area contributed by atoms with Crippen LogP contribution in [0, 0.1) is 0 Å². The summed E-state index contributed by atoms with van der Waals surface area (Å²) in [5.41, 5.74) is 0.621. The predicted octanol–water partition coefficient (Wildman–Crippen LogP) is 7.07. The Morgan fingerprint density at radius 1 is 0.978 bits per heavy atom. The third kappa shape index (κ3) is 6.32. The number of hydrogen-bond donors (Lipinski definition) is 1. The minimum absolute atomic E-state index is 0.151. The summed E-state index contributed by atoms with van der Waals surface area (Å²) in [6.45, 7) is 16.8. The quantitative estimate of drug-likeness (QED) is 0.215. The van der Waals surface area contributed by atoms with Gasteiger partial charge in [-0.25, -0.2) is 4.79 Å². The van der Waals surface area contributed by atoms with Gasteiger partial charge in [0.2, 0.25) is 5.91 Å². The molecule has 238 valence electrons. The number of aryl methyl sites for hydroxylation is 1. The van der Waals surface area contributed by atoms with Gasteiger partial charge in [0.1, 0.15) is 16.9 Å². The first-order chi connectivity index (χ1) is 21.3. The summed E-state index contributed by atoms with van der Waals surface area (Å²) in [7, 11) is -2.82. The van der Waals surface area contributed by atoms with E-state index in [1.54, 1.807) is 11.0 Å². The number of hydrogen-bond acceptors (Lipinski definition) is 4. The number of fused-ring (bicyclic) bond motifs is 1. The summed E-state index contributed by atoms with van der Waals surface area (Å²) in [4.78, 5) is 29.1. The number of benzene rings is 3. The molecule has 1 aliphatic carbocycles. The molecule has 2 amide bonds. The molecule has 5 rings (SSSR count). The number of rotatable bonds is 8. The van der Waals surface area contributed by atoms with Crippen molar-refractivity contribution >= 4 is 30.7 Å². The largest absolute Gasteiger partial charge is 0.534 e. The molecule has 0 aromatic heterocycles. The first-order valence-corrected chi connectivity index (χ1v) is 18.1. The Labute approximate surface area is 270 Å². The van der Waals surface area contributed by atoms with Crippen molar-refractivity contribution in [2.75, 3.05) is 6.54 Å². The fraction of sp³-hybridized carbons (Fsp3) is 0.421. The average Bonchev–Trinajstić information content (AvgIpc) is 3.60. The van der Waals surface area contributed by atoms with Crippen molar-refractivity contribution in [2.45, 2.75) is 95.9 Å². The molecule has 1 N–H and O–H groups in total. The fourth-order valence-electron chi connectivity index (χ4n) is 7.15. The fourth-order valence-corrected chi connectivity index (χ4v) is 11.6. The third-order valence-electron chi connectivity index (χ3n) is 9.20. The van der Waals surface area contributed by atoms with E-state index < -0.39 is 25.6 Å². The van der Waals surface area contributed by atoms with Crippen LogP contribution in [0.2, 0.25) is 5.04 Å². The van der Waals surface area contributed by atoms with Crippen LogP contribution in [0.4, 0.5) is 4.79 Å². The summed E-state index contributed by atoms with van der Waals surface area (Å²) in [6.07, 6.45) is 4.61. The second-order valence-electron chi connectivity index (χ2n) is 14.5. The lowest BCUT2D eigenvalue weighted by Crippen LogP contribution is -2.68. The van der Waals surface area contributed by atoms with E-state index in [0.29, 0.717) is 19.4 Å². The van der Waals surface area contributed by atoms with E-state index in [4.69, 9.17) is 9.16 Å². The van der Waals surface area contributed by atoms with E-state index in [2.05, 4.69) is 99.4 Å². The molecule has 3 aromatic rings. The second-order valence-corrected chi connectivity index (χ2v) is 18.7. The van der Waals surface area contributed by atoms with Crippen molar-refractivity contribution in [1.82, 2.24) is 10.2 Å². The first kappa shape index (κ1) is 32.5. The lowest BCUT2D eigenvalue weighted by Gasteiger charge is -2.43. The number of likely N-dealkylation sites (tertiary alicyclic amines) is 1. The highest BCUT2D eigenvalue weighted by atomic mass is 28.4. The van der Waals surface area contributed by atoms with E-state index in [1.807, 2.05) is 32.9 Å². The molecule has 1 aliphatic heterocycles. The van der Waals surface area contributed by atoms with E-state index >= 15 is 0 Å². The van der Waals surface area contributed by atoms with Gasteiger partial charge in [-0.3, -0.25) is 9.69 Å². The number of carbonyl (C=O) groups is 2. The van der Waals surface area contributed by atoms with Gasteiger partial charge in [0, 0.05) is 6.54 Å². The van der Waals surface area contributed by atoms with Gasteiger partial charge in [-0.1, -0.05) is 93.6 Å². The molecule has 0 bridgehead atoms. The topological polar surface area (TPSA) is 67.9 Å². The highest BCUT2D eigenvalue weighted by molar-refractivity contribution is 7.00. The van der Waals surface area contributed by atoms with E-state index in [0.717, 1.165) is 30.6 Å². The first-order valence-electron chi connectivity index (χ1n) is 16.2. The predicted molar refractivity (Wildman–Crippen MR) is 184 cm³/mol. The number of nitrogens with zero attached hydrogens (tertiary/aromatic N) is 1. The van der Waals surface area contributed by atoms with Gasteiger partial charge in [0.05, 0.1) is 6.04 Å². The van der Waals surface area contributed by atoms with Crippen LogP contribution in [0.1, 0.15) is 84.4 Å². The third-order valence-corrected chi connectivity index (χ3v) is 14.1. The zero-order valence-electron chi connectivity index (χ0n) is 27.7. The Bertz CT molecular complexity index is 1490. The van der Waals surface area contributed by atoms with Crippen LogP contribution in [0.3, 0.4) is 0 Å². The Balaban J connectivity index is 1.48. The number of ether oxygens (including phenoxy) is 1. The minimum Gasteiger partial charge on any atom is -0.534 e. The summed E-state index contributed by atoms with van der Waals surface area (Å²) in [6, 6.07) is 27.4. The SMILES string of the molecule is C=CC[C@@]1(C(=O)N[C@@H]2CCc3ccc(O[Si](c4ccccc4)(c4ccccc4)C(C)(C)C)cc32)CCCN1C(=O)OC(C)(C)C. The van der Waals surface area contributed by atoms with Gasteiger partial charge in [0.15, 0.2) is 0 Å². The summed E-state index contributed by atoms with van der Waals surface area (Å²) in [5.74, 6) is 0.656. The van der Waals surface area contributed by atoms with Crippen molar-refractivity contribution < 1.29 is 18.8 Å². The number of amides is 2. The maximum absolute atomic E-state index is 14.2. The Morgan fingerprint density at radius 2 is 1.60 bits per heavy atom. The van der Waals surface area contributed by atoms with Gasteiger partial charge in [0.25, 0.3) is 0 Å². The van der Waals surface area contributed by atoms with Gasteiger partial charge < -0.3 is 14.5 Å². The molecule has 2 atom stereocenters. The van der Waals surface area contributed by atoms with Crippen LogP contribution in [-0.2, 0) is 16.0 Å². The molecule has 45 heavy (non-hydrogen) atoms. The van der Waals surface area contributed by atoms with Crippen LogP contribution in [0.5, 0.6) is 5.75 Å².